The number of carbonyl (C=O) groups is 2. The minimum Gasteiger partial charge on any atom is -0.528 e. The van der Waals surface area contributed by atoms with Crippen LogP contribution in [0.3, 0.4) is 0 Å². The summed E-state index contributed by atoms with van der Waals surface area (Å²) in [5.74, 6) is -0.385. The highest BCUT2D eigenvalue weighted by atomic mass is 16.6. The van der Waals surface area contributed by atoms with Crippen LogP contribution in [0, 0.1) is 0 Å². The molecular formula is C28H19BN4O4. The van der Waals surface area contributed by atoms with Gasteiger partial charge < -0.3 is 20.8 Å². The lowest BCUT2D eigenvalue weighted by Gasteiger charge is -2.15. The standard InChI is InChI=1S/C28H19BN4O4/c30-27(34)23-15-7-1-3-9-17(15)32-19-11-5-13-21(25(19)23)36-29-37-22-14-6-12-20-26(22)24(28(31)35)16-8-2-4-10-18(16)33-20/h1-14,29H,(H2,30,34)(H2,31,35). The van der Waals surface area contributed by atoms with Gasteiger partial charge in [0.25, 0.3) is 0 Å². The number of amides is 2. The van der Waals surface area contributed by atoms with Crippen molar-refractivity contribution in [2.24, 2.45) is 11.5 Å². The molecule has 37 heavy (non-hydrogen) atoms. The van der Waals surface area contributed by atoms with Crippen LogP contribution in [0.5, 0.6) is 11.5 Å². The van der Waals surface area contributed by atoms with Crippen LogP contribution >= 0.6 is 0 Å². The first-order valence-corrected chi connectivity index (χ1v) is 11.5. The first-order valence-electron chi connectivity index (χ1n) is 11.5. The van der Waals surface area contributed by atoms with E-state index < -0.39 is 11.8 Å². The Labute approximate surface area is 211 Å². The molecule has 2 aromatic heterocycles. The van der Waals surface area contributed by atoms with Gasteiger partial charge in [-0.25, -0.2) is 9.97 Å². The molecule has 0 saturated heterocycles. The lowest BCUT2D eigenvalue weighted by Crippen LogP contribution is -2.16. The van der Waals surface area contributed by atoms with Gasteiger partial charge in [-0.05, 0) is 36.4 Å². The summed E-state index contributed by atoms with van der Waals surface area (Å²) < 4.78 is 12.0. The molecule has 0 unspecified atom stereocenters. The number of rotatable bonds is 6. The maximum absolute atomic E-state index is 12.5. The van der Waals surface area contributed by atoms with Crippen LogP contribution in [0.25, 0.3) is 43.6 Å². The average molecular weight is 486 g/mol. The Morgan fingerprint density at radius 1 is 0.568 bits per heavy atom. The van der Waals surface area contributed by atoms with Crippen molar-refractivity contribution in [2.75, 3.05) is 0 Å². The van der Waals surface area contributed by atoms with Crippen molar-refractivity contribution in [3.05, 3.63) is 96.1 Å². The number of para-hydroxylation sites is 2. The van der Waals surface area contributed by atoms with Crippen molar-refractivity contribution in [2.45, 2.75) is 0 Å². The van der Waals surface area contributed by atoms with Gasteiger partial charge in [0.1, 0.15) is 11.5 Å². The molecule has 0 saturated carbocycles. The Morgan fingerprint density at radius 3 is 1.41 bits per heavy atom. The normalized spacial score (nSPS) is 11.1. The molecule has 8 nitrogen and oxygen atoms in total. The molecule has 6 aromatic rings. The molecule has 0 atom stereocenters. The van der Waals surface area contributed by atoms with Crippen molar-refractivity contribution in [3.63, 3.8) is 0 Å². The third-order valence-corrected chi connectivity index (χ3v) is 6.26. The number of carbonyl (C=O) groups excluding carboxylic acids is 2. The number of nitrogens with zero attached hydrogens (tertiary/aromatic N) is 2. The first kappa shape index (κ1) is 22.3. The van der Waals surface area contributed by atoms with Crippen LogP contribution in [-0.4, -0.2) is 29.5 Å². The fourth-order valence-corrected chi connectivity index (χ4v) is 4.73. The molecule has 4 N–H and O–H groups in total. The molecule has 2 heterocycles. The number of primary amides is 2. The van der Waals surface area contributed by atoms with Crippen LogP contribution in [0.15, 0.2) is 84.9 Å². The van der Waals surface area contributed by atoms with Gasteiger partial charge in [0.2, 0.25) is 11.8 Å². The Kier molecular flexibility index (Phi) is 5.30. The van der Waals surface area contributed by atoms with E-state index in [9.17, 15) is 9.59 Å². The average Bonchev–Trinajstić information content (AvgIpc) is 2.90. The lowest BCUT2D eigenvalue weighted by atomic mass is 10.0. The maximum atomic E-state index is 12.5. The summed E-state index contributed by atoms with van der Waals surface area (Å²) in [5, 5.41) is 2.27. The highest BCUT2D eigenvalue weighted by Crippen LogP contribution is 2.34. The zero-order valence-electron chi connectivity index (χ0n) is 19.5. The van der Waals surface area contributed by atoms with Gasteiger partial charge in [-0.3, -0.25) is 9.59 Å². The molecule has 0 aliphatic heterocycles. The summed E-state index contributed by atoms with van der Waals surface area (Å²) in [6.07, 6.45) is 0. The quantitative estimate of drug-likeness (QED) is 0.270. The third kappa shape index (κ3) is 3.73. The predicted octanol–water partition coefficient (Wildman–Crippen LogP) is 4.01. The molecule has 4 aromatic carbocycles. The molecule has 6 rings (SSSR count). The number of pyridine rings is 2. The molecule has 178 valence electrons. The van der Waals surface area contributed by atoms with Crippen LogP contribution < -0.4 is 20.8 Å². The fraction of sp³-hybridized carbons (Fsp3) is 0. The van der Waals surface area contributed by atoms with E-state index >= 15 is 0 Å². The second kappa shape index (κ2) is 8.80. The van der Waals surface area contributed by atoms with Gasteiger partial charge in [0.05, 0.1) is 44.0 Å². The Hall–Kier alpha value is -5.18. The van der Waals surface area contributed by atoms with Crippen molar-refractivity contribution < 1.29 is 18.9 Å². The van der Waals surface area contributed by atoms with Crippen molar-refractivity contribution in [1.29, 1.82) is 0 Å². The van der Waals surface area contributed by atoms with Gasteiger partial charge in [-0.15, -0.1) is 0 Å². The zero-order chi connectivity index (χ0) is 25.5. The number of hydrogen-bond acceptors (Lipinski definition) is 6. The molecule has 0 fully saturated rings. The smallest absolute Gasteiger partial charge is 0.528 e. The van der Waals surface area contributed by atoms with Crippen molar-refractivity contribution in [3.8, 4) is 11.5 Å². The van der Waals surface area contributed by atoms with E-state index in [-0.39, 0.29) is 7.69 Å². The first-order chi connectivity index (χ1) is 18.0. The molecule has 0 aliphatic carbocycles. The van der Waals surface area contributed by atoms with Crippen LogP contribution in [0.2, 0.25) is 0 Å². The molecule has 0 bridgehead atoms. The molecule has 9 heteroatoms. The SMILES string of the molecule is NC(=O)c1c2ccccc2nc2cccc(OBOc3cccc4nc5ccccc5c(C(N)=O)c34)c12. The number of fused-ring (bicyclic) bond motifs is 4. The maximum Gasteiger partial charge on any atom is 0.576 e. The molecule has 0 radical (unpaired) electrons. The Bertz CT molecular complexity index is 1750. The zero-order valence-corrected chi connectivity index (χ0v) is 19.5. The summed E-state index contributed by atoms with van der Waals surface area (Å²) in [5.41, 5.74) is 14.7. The van der Waals surface area contributed by atoms with Crippen molar-refractivity contribution in [1.82, 2.24) is 9.97 Å². The van der Waals surface area contributed by atoms with E-state index in [1.807, 2.05) is 36.4 Å². The van der Waals surface area contributed by atoms with Crippen molar-refractivity contribution >= 4 is 63.1 Å². The summed E-state index contributed by atoms with van der Waals surface area (Å²) in [7, 11) is -0.214. The highest BCUT2D eigenvalue weighted by molar-refractivity contribution is 6.24. The lowest BCUT2D eigenvalue weighted by molar-refractivity contribution is 0.0994. The van der Waals surface area contributed by atoms with Gasteiger partial charge in [0, 0.05) is 10.8 Å². The van der Waals surface area contributed by atoms with Gasteiger partial charge in [-0.2, -0.15) is 0 Å². The van der Waals surface area contributed by atoms with E-state index in [1.165, 1.54) is 0 Å². The predicted molar refractivity (Wildman–Crippen MR) is 144 cm³/mol. The number of benzene rings is 4. The van der Waals surface area contributed by atoms with Gasteiger partial charge in [0.15, 0.2) is 0 Å². The van der Waals surface area contributed by atoms with E-state index in [1.54, 1.807) is 48.5 Å². The largest absolute Gasteiger partial charge is 0.576 e. The Balaban J connectivity index is 1.42. The summed E-state index contributed by atoms with van der Waals surface area (Å²) in [6.45, 7) is 0. The second-order valence-electron chi connectivity index (χ2n) is 8.44. The highest BCUT2D eigenvalue weighted by Gasteiger charge is 2.20. The van der Waals surface area contributed by atoms with Gasteiger partial charge in [-0.1, -0.05) is 48.5 Å². The minimum atomic E-state index is -0.585. The summed E-state index contributed by atoms with van der Waals surface area (Å²) in [6, 6.07) is 25.2. The molecule has 2 amide bonds. The fourth-order valence-electron chi connectivity index (χ4n) is 4.73. The second-order valence-corrected chi connectivity index (χ2v) is 8.44. The number of hydrogen-bond donors (Lipinski definition) is 2. The third-order valence-electron chi connectivity index (χ3n) is 6.26. The van der Waals surface area contributed by atoms with Crippen LogP contribution in [0.1, 0.15) is 20.7 Å². The Morgan fingerprint density at radius 2 is 0.973 bits per heavy atom. The van der Waals surface area contributed by atoms with E-state index in [2.05, 4.69) is 9.97 Å². The van der Waals surface area contributed by atoms with Crippen LogP contribution in [-0.2, 0) is 0 Å². The van der Waals surface area contributed by atoms with E-state index in [0.29, 0.717) is 66.2 Å². The molecule has 0 aliphatic rings. The monoisotopic (exact) mass is 486 g/mol. The summed E-state index contributed by atoms with van der Waals surface area (Å²) in [4.78, 5) is 34.3. The number of nitrogens with two attached hydrogens (primary N) is 2. The topological polar surface area (TPSA) is 130 Å². The van der Waals surface area contributed by atoms with Gasteiger partial charge >= 0.3 is 7.69 Å². The molecular weight excluding hydrogens is 467 g/mol. The van der Waals surface area contributed by atoms with Crippen LogP contribution in [0.4, 0.5) is 0 Å². The van der Waals surface area contributed by atoms with E-state index in [4.69, 9.17) is 20.8 Å². The van der Waals surface area contributed by atoms with E-state index in [0.717, 1.165) is 0 Å². The number of aromatic nitrogens is 2. The summed E-state index contributed by atoms with van der Waals surface area (Å²) >= 11 is 0. The minimum absolute atomic E-state index is 0.214. The molecule has 0 spiro atoms.